The standard InChI is InChI=1S/C15H22N2O3/c1-10-7-16(8-11(2)20-10)9-17-14(18)12-5-3-4-6-13(12)15(17)19/h3-4,10-13H,5-9H2,1-2H3/t10-,11-,12-,13-/m1/s1. The highest BCUT2D eigenvalue weighted by molar-refractivity contribution is 6.05. The van der Waals surface area contributed by atoms with Crippen LogP contribution in [0.15, 0.2) is 12.2 Å². The number of morpholine rings is 1. The van der Waals surface area contributed by atoms with E-state index in [1.807, 2.05) is 26.0 Å². The van der Waals surface area contributed by atoms with Crippen LogP contribution in [0.25, 0.3) is 0 Å². The molecule has 1 aliphatic carbocycles. The van der Waals surface area contributed by atoms with Crippen molar-refractivity contribution in [2.45, 2.75) is 38.9 Å². The summed E-state index contributed by atoms with van der Waals surface area (Å²) in [6.45, 7) is 6.02. The highest BCUT2D eigenvalue weighted by atomic mass is 16.5. The number of likely N-dealkylation sites (tertiary alicyclic amines) is 1. The maximum absolute atomic E-state index is 12.4. The Morgan fingerprint density at radius 1 is 1.05 bits per heavy atom. The van der Waals surface area contributed by atoms with Crippen LogP contribution in [0.3, 0.4) is 0 Å². The molecule has 0 aromatic heterocycles. The van der Waals surface area contributed by atoms with Crippen molar-refractivity contribution in [3.05, 3.63) is 12.2 Å². The quantitative estimate of drug-likeness (QED) is 0.558. The van der Waals surface area contributed by atoms with Crippen molar-refractivity contribution in [3.63, 3.8) is 0 Å². The summed E-state index contributed by atoms with van der Waals surface area (Å²) < 4.78 is 5.69. The Hall–Kier alpha value is -1.20. The number of carbonyl (C=O) groups is 2. The van der Waals surface area contributed by atoms with Crippen molar-refractivity contribution in [1.29, 1.82) is 0 Å². The van der Waals surface area contributed by atoms with Crippen LogP contribution >= 0.6 is 0 Å². The maximum atomic E-state index is 12.4. The average Bonchev–Trinajstić information content (AvgIpc) is 2.64. The Balaban J connectivity index is 1.68. The summed E-state index contributed by atoms with van der Waals surface area (Å²) in [6, 6.07) is 0. The van der Waals surface area contributed by atoms with E-state index in [1.54, 1.807) is 0 Å². The summed E-state index contributed by atoms with van der Waals surface area (Å²) in [6.07, 6.45) is 5.76. The molecule has 0 radical (unpaired) electrons. The van der Waals surface area contributed by atoms with Gasteiger partial charge >= 0.3 is 0 Å². The molecule has 2 fully saturated rings. The molecular weight excluding hydrogens is 256 g/mol. The molecule has 0 unspecified atom stereocenters. The fraction of sp³-hybridized carbons (Fsp3) is 0.733. The summed E-state index contributed by atoms with van der Waals surface area (Å²) in [5, 5.41) is 0. The second kappa shape index (κ2) is 5.30. The van der Waals surface area contributed by atoms with Crippen LogP contribution in [0.4, 0.5) is 0 Å². The molecule has 4 atom stereocenters. The number of allylic oxidation sites excluding steroid dienone is 2. The SMILES string of the molecule is C[C@@H]1CN(CN2C(=O)[C@@H]3CC=CC[C@H]3C2=O)C[C@@H](C)O1. The monoisotopic (exact) mass is 278 g/mol. The third-order valence-corrected chi connectivity index (χ3v) is 4.44. The summed E-state index contributed by atoms with van der Waals surface area (Å²) in [5.41, 5.74) is 0. The summed E-state index contributed by atoms with van der Waals surface area (Å²) in [5.74, 6) is -0.223. The van der Waals surface area contributed by atoms with E-state index in [2.05, 4.69) is 4.90 Å². The minimum atomic E-state index is -0.122. The average molecular weight is 278 g/mol. The van der Waals surface area contributed by atoms with E-state index in [-0.39, 0.29) is 35.9 Å². The number of ether oxygens (including phenoxy) is 1. The molecule has 0 saturated carbocycles. The number of fused-ring (bicyclic) bond motifs is 1. The van der Waals surface area contributed by atoms with Crippen molar-refractivity contribution in [3.8, 4) is 0 Å². The first kappa shape index (κ1) is 13.8. The highest BCUT2D eigenvalue weighted by Crippen LogP contribution is 2.35. The van der Waals surface area contributed by atoms with E-state index in [9.17, 15) is 9.59 Å². The molecule has 2 aliphatic heterocycles. The molecule has 3 aliphatic rings. The molecule has 2 saturated heterocycles. The number of rotatable bonds is 2. The molecule has 0 aromatic rings. The van der Waals surface area contributed by atoms with Gasteiger partial charge in [-0.2, -0.15) is 0 Å². The van der Waals surface area contributed by atoms with Gasteiger partial charge in [-0.25, -0.2) is 0 Å². The van der Waals surface area contributed by atoms with Gasteiger partial charge in [0.05, 0.1) is 30.7 Å². The molecule has 0 N–H and O–H groups in total. The molecule has 3 rings (SSSR count). The van der Waals surface area contributed by atoms with E-state index in [0.717, 1.165) is 13.1 Å². The fourth-order valence-corrected chi connectivity index (χ4v) is 3.61. The van der Waals surface area contributed by atoms with E-state index in [4.69, 9.17) is 4.74 Å². The van der Waals surface area contributed by atoms with Crippen LogP contribution in [0.5, 0.6) is 0 Å². The second-order valence-corrected chi connectivity index (χ2v) is 6.20. The molecule has 5 heteroatoms. The molecule has 2 amide bonds. The van der Waals surface area contributed by atoms with E-state index in [1.165, 1.54) is 4.90 Å². The minimum absolute atomic E-state index is 0.0103. The van der Waals surface area contributed by atoms with Crippen molar-refractivity contribution < 1.29 is 14.3 Å². The van der Waals surface area contributed by atoms with Crippen molar-refractivity contribution in [2.75, 3.05) is 19.8 Å². The molecule has 0 aromatic carbocycles. The van der Waals surface area contributed by atoms with E-state index >= 15 is 0 Å². The van der Waals surface area contributed by atoms with Crippen LogP contribution in [0.1, 0.15) is 26.7 Å². The van der Waals surface area contributed by atoms with Gasteiger partial charge in [-0.15, -0.1) is 0 Å². The normalized spacial score (nSPS) is 38.4. The van der Waals surface area contributed by atoms with Gasteiger partial charge in [0.2, 0.25) is 11.8 Å². The lowest BCUT2D eigenvalue weighted by Crippen LogP contribution is -2.51. The van der Waals surface area contributed by atoms with Crippen LogP contribution < -0.4 is 0 Å². The predicted molar refractivity (Wildman–Crippen MR) is 73.7 cm³/mol. The summed E-state index contributed by atoms with van der Waals surface area (Å²) in [4.78, 5) is 28.4. The van der Waals surface area contributed by atoms with Gasteiger partial charge in [0, 0.05) is 13.1 Å². The lowest BCUT2D eigenvalue weighted by atomic mass is 9.85. The fourth-order valence-electron chi connectivity index (χ4n) is 3.61. The smallest absolute Gasteiger partial charge is 0.234 e. The number of imide groups is 1. The van der Waals surface area contributed by atoms with Gasteiger partial charge in [-0.05, 0) is 26.7 Å². The van der Waals surface area contributed by atoms with Gasteiger partial charge in [-0.1, -0.05) is 12.2 Å². The van der Waals surface area contributed by atoms with E-state index in [0.29, 0.717) is 19.5 Å². The zero-order valence-electron chi connectivity index (χ0n) is 12.1. The van der Waals surface area contributed by atoms with Gasteiger partial charge in [0.25, 0.3) is 0 Å². The Kier molecular flexibility index (Phi) is 3.65. The van der Waals surface area contributed by atoms with Gasteiger partial charge in [0.15, 0.2) is 0 Å². The molecule has 5 nitrogen and oxygen atoms in total. The first-order chi connectivity index (χ1) is 9.56. The highest BCUT2D eigenvalue weighted by Gasteiger charge is 2.47. The lowest BCUT2D eigenvalue weighted by Gasteiger charge is -2.36. The van der Waals surface area contributed by atoms with Gasteiger partial charge in [0.1, 0.15) is 0 Å². The van der Waals surface area contributed by atoms with Crippen LogP contribution in [0, 0.1) is 11.8 Å². The second-order valence-electron chi connectivity index (χ2n) is 6.20. The number of hydrogen-bond acceptors (Lipinski definition) is 4. The van der Waals surface area contributed by atoms with E-state index < -0.39 is 0 Å². The Morgan fingerprint density at radius 3 is 2.05 bits per heavy atom. The zero-order valence-corrected chi connectivity index (χ0v) is 12.1. The number of hydrogen-bond donors (Lipinski definition) is 0. The van der Waals surface area contributed by atoms with Crippen LogP contribution in [0.2, 0.25) is 0 Å². The minimum Gasteiger partial charge on any atom is -0.373 e. The molecule has 2 heterocycles. The number of nitrogens with zero attached hydrogens (tertiary/aromatic N) is 2. The van der Waals surface area contributed by atoms with Crippen molar-refractivity contribution in [1.82, 2.24) is 9.80 Å². The Morgan fingerprint density at radius 2 is 1.55 bits per heavy atom. The molecule has 110 valence electrons. The third-order valence-electron chi connectivity index (χ3n) is 4.44. The first-order valence-electron chi connectivity index (χ1n) is 7.44. The largest absolute Gasteiger partial charge is 0.373 e. The van der Waals surface area contributed by atoms with Gasteiger partial charge < -0.3 is 4.74 Å². The van der Waals surface area contributed by atoms with Gasteiger partial charge in [-0.3, -0.25) is 19.4 Å². The molecule has 20 heavy (non-hydrogen) atoms. The first-order valence-corrected chi connectivity index (χ1v) is 7.44. The van der Waals surface area contributed by atoms with Crippen LogP contribution in [-0.4, -0.2) is 53.6 Å². The zero-order chi connectivity index (χ0) is 14.3. The maximum Gasteiger partial charge on any atom is 0.234 e. The molecule has 0 bridgehead atoms. The third kappa shape index (κ3) is 2.40. The topological polar surface area (TPSA) is 49.9 Å². The lowest BCUT2D eigenvalue weighted by molar-refractivity contribution is -0.146. The summed E-state index contributed by atoms with van der Waals surface area (Å²) in [7, 11) is 0. The Labute approximate surface area is 119 Å². The van der Waals surface area contributed by atoms with Crippen molar-refractivity contribution in [2.24, 2.45) is 11.8 Å². The number of amides is 2. The van der Waals surface area contributed by atoms with Crippen LogP contribution in [-0.2, 0) is 14.3 Å². The predicted octanol–water partition coefficient (Wildman–Crippen LogP) is 1.00. The summed E-state index contributed by atoms with van der Waals surface area (Å²) >= 11 is 0. The number of carbonyl (C=O) groups excluding carboxylic acids is 2. The molecular formula is C15H22N2O3. The Bertz CT molecular complexity index is 412. The molecule has 0 spiro atoms. The van der Waals surface area contributed by atoms with Crippen molar-refractivity contribution >= 4 is 11.8 Å².